The lowest BCUT2D eigenvalue weighted by Crippen LogP contribution is -2.22. The molecule has 0 saturated heterocycles. The lowest BCUT2D eigenvalue weighted by molar-refractivity contribution is -0.116. The highest BCUT2D eigenvalue weighted by atomic mass is 16.1. The number of amides is 1. The zero-order valence-corrected chi connectivity index (χ0v) is 11.3. The predicted octanol–water partition coefficient (Wildman–Crippen LogP) is 1.58. The largest absolute Gasteiger partial charge is 0.353 e. The summed E-state index contributed by atoms with van der Waals surface area (Å²) in [5, 5.41) is 5.92. The molecule has 0 atom stereocenters. The normalized spacial score (nSPS) is 9.83. The molecule has 0 aromatic heterocycles. The SMILES string of the molecule is C=CC(=O)NCCCCCCNCC(=C)C(C)=O. The van der Waals surface area contributed by atoms with Crippen LogP contribution in [0.1, 0.15) is 32.6 Å². The van der Waals surface area contributed by atoms with Gasteiger partial charge in [0.15, 0.2) is 5.78 Å². The van der Waals surface area contributed by atoms with Crippen molar-refractivity contribution in [3.8, 4) is 0 Å². The van der Waals surface area contributed by atoms with Gasteiger partial charge in [0.2, 0.25) is 5.91 Å². The molecule has 0 aliphatic rings. The van der Waals surface area contributed by atoms with Crippen molar-refractivity contribution in [3.05, 3.63) is 24.8 Å². The second kappa shape index (κ2) is 10.7. The van der Waals surface area contributed by atoms with Gasteiger partial charge in [-0.15, -0.1) is 0 Å². The second-order valence-corrected chi connectivity index (χ2v) is 4.25. The van der Waals surface area contributed by atoms with Crippen molar-refractivity contribution < 1.29 is 9.59 Å². The zero-order valence-electron chi connectivity index (χ0n) is 11.3. The van der Waals surface area contributed by atoms with Crippen molar-refractivity contribution in [2.24, 2.45) is 0 Å². The third-order valence-corrected chi connectivity index (χ3v) is 2.60. The highest BCUT2D eigenvalue weighted by Gasteiger charge is 1.98. The van der Waals surface area contributed by atoms with E-state index in [2.05, 4.69) is 23.8 Å². The van der Waals surface area contributed by atoms with Crippen LogP contribution in [0.3, 0.4) is 0 Å². The van der Waals surface area contributed by atoms with Crippen molar-refractivity contribution in [1.82, 2.24) is 10.6 Å². The first-order valence-electron chi connectivity index (χ1n) is 6.37. The lowest BCUT2D eigenvalue weighted by Gasteiger charge is -2.05. The third kappa shape index (κ3) is 9.78. The molecule has 0 aromatic rings. The number of Topliss-reactive ketones (excluding diaryl/α,β-unsaturated/α-hetero) is 1. The van der Waals surface area contributed by atoms with Gasteiger partial charge in [-0.05, 0) is 32.4 Å². The lowest BCUT2D eigenvalue weighted by atomic mass is 10.2. The van der Waals surface area contributed by atoms with Crippen LogP contribution in [0.5, 0.6) is 0 Å². The van der Waals surface area contributed by atoms with Crippen LogP contribution in [0.25, 0.3) is 0 Å². The molecule has 0 bridgehead atoms. The highest BCUT2D eigenvalue weighted by molar-refractivity contribution is 5.92. The van der Waals surface area contributed by atoms with Crippen LogP contribution in [0, 0.1) is 0 Å². The van der Waals surface area contributed by atoms with Gasteiger partial charge in [-0.2, -0.15) is 0 Å². The minimum atomic E-state index is -0.112. The fourth-order valence-electron chi connectivity index (χ4n) is 1.38. The Morgan fingerprint density at radius 1 is 1.11 bits per heavy atom. The Balaban J connectivity index is 3.21. The highest BCUT2D eigenvalue weighted by Crippen LogP contribution is 1.98. The molecule has 0 heterocycles. The van der Waals surface area contributed by atoms with E-state index in [9.17, 15) is 9.59 Å². The van der Waals surface area contributed by atoms with Crippen molar-refractivity contribution in [3.63, 3.8) is 0 Å². The molecule has 0 radical (unpaired) electrons. The molecule has 18 heavy (non-hydrogen) atoms. The zero-order chi connectivity index (χ0) is 13.8. The van der Waals surface area contributed by atoms with E-state index in [-0.39, 0.29) is 11.7 Å². The minimum absolute atomic E-state index is 0.0421. The summed E-state index contributed by atoms with van der Waals surface area (Å²) in [5.41, 5.74) is 0.627. The summed E-state index contributed by atoms with van der Waals surface area (Å²) < 4.78 is 0. The Kier molecular flexibility index (Phi) is 9.87. The third-order valence-electron chi connectivity index (χ3n) is 2.60. The molecular weight excluding hydrogens is 228 g/mol. The van der Waals surface area contributed by atoms with Gasteiger partial charge in [-0.1, -0.05) is 26.0 Å². The first-order valence-corrected chi connectivity index (χ1v) is 6.37. The summed E-state index contributed by atoms with van der Waals surface area (Å²) in [6, 6.07) is 0. The number of hydrogen-bond acceptors (Lipinski definition) is 3. The molecule has 0 fully saturated rings. The summed E-state index contributed by atoms with van der Waals surface area (Å²) >= 11 is 0. The predicted molar refractivity (Wildman–Crippen MR) is 74.4 cm³/mol. The molecule has 0 spiro atoms. The van der Waals surface area contributed by atoms with Crippen molar-refractivity contribution >= 4 is 11.7 Å². The molecule has 0 aromatic carbocycles. The van der Waals surface area contributed by atoms with Gasteiger partial charge >= 0.3 is 0 Å². The number of carbonyl (C=O) groups is 2. The molecule has 2 N–H and O–H groups in total. The number of ketones is 1. The van der Waals surface area contributed by atoms with Crippen LogP contribution in [0.4, 0.5) is 0 Å². The minimum Gasteiger partial charge on any atom is -0.353 e. The van der Waals surface area contributed by atoms with Crippen LogP contribution in [-0.2, 0) is 9.59 Å². The Morgan fingerprint density at radius 3 is 2.28 bits per heavy atom. The standard InChI is InChI=1S/C14H24N2O2/c1-4-14(18)16-10-8-6-5-7-9-15-11-12(2)13(3)17/h4,15H,1-2,5-11H2,3H3,(H,16,18). The summed E-state index contributed by atoms with van der Waals surface area (Å²) in [4.78, 5) is 21.7. The van der Waals surface area contributed by atoms with Crippen LogP contribution in [-0.4, -0.2) is 31.3 Å². The van der Waals surface area contributed by atoms with Crippen molar-refractivity contribution in [1.29, 1.82) is 0 Å². The van der Waals surface area contributed by atoms with Gasteiger partial charge in [0.1, 0.15) is 0 Å². The van der Waals surface area contributed by atoms with E-state index in [1.807, 2.05) is 0 Å². The Labute approximate surface area is 110 Å². The smallest absolute Gasteiger partial charge is 0.243 e. The molecule has 0 aliphatic heterocycles. The Hall–Kier alpha value is -1.42. The van der Waals surface area contributed by atoms with E-state index in [0.29, 0.717) is 18.7 Å². The first kappa shape index (κ1) is 16.6. The second-order valence-electron chi connectivity index (χ2n) is 4.25. The number of unbranched alkanes of at least 4 members (excludes halogenated alkanes) is 3. The van der Waals surface area contributed by atoms with Gasteiger partial charge < -0.3 is 10.6 Å². The Bertz CT molecular complexity index is 298. The maximum atomic E-state index is 10.9. The molecule has 0 aliphatic carbocycles. The van der Waals surface area contributed by atoms with E-state index < -0.39 is 0 Å². The molecule has 102 valence electrons. The number of rotatable bonds is 11. The van der Waals surface area contributed by atoms with E-state index in [1.54, 1.807) is 0 Å². The molecule has 0 rings (SSSR count). The maximum Gasteiger partial charge on any atom is 0.243 e. The quantitative estimate of drug-likeness (QED) is 0.433. The van der Waals surface area contributed by atoms with Crippen LogP contribution in [0.15, 0.2) is 24.8 Å². The number of hydrogen-bond donors (Lipinski definition) is 2. The van der Waals surface area contributed by atoms with Crippen LogP contribution >= 0.6 is 0 Å². The van der Waals surface area contributed by atoms with Crippen LogP contribution in [0.2, 0.25) is 0 Å². The number of carbonyl (C=O) groups excluding carboxylic acids is 2. The Morgan fingerprint density at radius 2 is 1.72 bits per heavy atom. The molecule has 0 unspecified atom stereocenters. The molecule has 4 nitrogen and oxygen atoms in total. The van der Waals surface area contributed by atoms with E-state index in [4.69, 9.17) is 0 Å². The topological polar surface area (TPSA) is 58.2 Å². The first-order chi connectivity index (χ1) is 8.57. The summed E-state index contributed by atoms with van der Waals surface area (Å²) in [6.45, 7) is 10.8. The van der Waals surface area contributed by atoms with Crippen molar-refractivity contribution in [2.45, 2.75) is 32.6 Å². The van der Waals surface area contributed by atoms with Gasteiger partial charge in [0, 0.05) is 18.7 Å². The maximum absolute atomic E-state index is 10.9. The average molecular weight is 252 g/mol. The van der Waals surface area contributed by atoms with E-state index >= 15 is 0 Å². The monoisotopic (exact) mass is 252 g/mol. The molecule has 0 saturated carbocycles. The molecule has 1 amide bonds. The summed E-state index contributed by atoms with van der Waals surface area (Å²) in [6.07, 6.45) is 5.54. The summed E-state index contributed by atoms with van der Waals surface area (Å²) in [7, 11) is 0. The number of nitrogens with one attached hydrogen (secondary N) is 2. The van der Waals surface area contributed by atoms with E-state index in [0.717, 1.165) is 32.2 Å². The summed E-state index contributed by atoms with van der Waals surface area (Å²) in [5.74, 6) is -0.0696. The van der Waals surface area contributed by atoms with Crippen molar-refractivity contribution in [2.75, 3.05) is 19.6 Å². The van der Waals surface area contributed by atoms with Gasteiger partial charge in [-0.25, -0.2) is 0 Å². The van der Waals surface area contributed by atoms with Crippen LogP contribution < -0.4 is 10.6 Å². The average Bonchev–Trinajstić information content (AvgIpc) is 2.35. The fourth-order valence-corrected chi connectivity index (χ4v) is 1.38. The molecular formula is C14H24N2O2. The van der Waals surface area contributed by atoms with E-state index in [1.165, 1.54) is 13.0 Å². The fraction of sp³-hybridized carbons (Fsp3) is 0.571. The van der Waals surface area contributed by atoms with Gasteiger partial charge in [-0.3, -0.25) is 9.59 Å². The van der Waals surface area contributed by atoms with Gasteiger partial charge in [0.25, 0.3) is 0 Å². The van der Waals surface area contributed by atoms with Gasteiger partial charge in [0.05, 0.1) is 0 Å². The molecule has 4 heteroatoms.